The summed E-state index contributed by atoms with van der Waals surface area (Å²) >= 11 is 0. The number of nitrogens with zero attached hydrogens (tertiary/aromatic N) is 1. The molecule has 0 aliphatic rings. The topological polar surface area (TPSA) is 67.8 Å². The fourth-order valence-electron chi connectivity index (χ4n) is 1.90. The van der Waals surface area contributed by atoms with Crippen molar-refractivity contribution in [1.82, 2.24) is 0 Å². The van der Waals surface area contributed by atoms with E-state index in [1.54, 1.807) is 0 Å². The largest absolute Gasteiger partial charge is 0.493 e. The molecule has 0 bridgehead atoms. The first-order valence-corrected chi connectivity index (χ1v) is 6.90. The molecule has 4 nitrogen and oxygen atoms in total. The standard InChI is InChI=1S/C15H24N2O2/c1-3-4-5-6-7-10-19-14-11-12(2)8-9-13(14)15(16)17-18/h8-9,11,18H,3-7,10H2,1-2H3,(H2,16,17). The van der Waals surface area contributed by atoms with Gasteiger partial charge in [0.15, 0.2) is 5.84 Å². The van der Waals surface area contributed by atoms with Crippen molar-refractivity contribution in [2.45, 2.75) is 46.0 Å². The van der Waals surface area contributed by atoms with E-state index in [0.29, 0.717) is 17.9 Å². The minimum absolute atomic E-state index is 0.0842. The fourth-order valence-corrected chi connectivity index (χ4v) is 1.90. The normalized spacial score (nSPS) is 11.6. The molecule has 0 amide bonds. The zero-order valence-electron chi connectivity index (χ0n) is 11.9. The van der Waals surface area contributed by atoms with E-state index in [1.807, 2.05) is 25.1 Å². The van der Waals surface area contributed by atoms with Crippen LogP contribution < -0.4 is 10.5 Å². The molecule has 0 fully saturated rings. The summed E-state index contributed by atoms with van der Waals surface area (Å²) in [5, 5.41) is 11.8. The lowest BCUT2D eigenvalue weighted by Crippen LogP contribution is -2.15. The molecule has 0 heterocycles. The number of hydrogen-bond donors (Lipinski definition) is 2. The van der Waals surface area contributed by atoms with E-state index in [0.717, 1.165) is 12.0 Å². The Labute approximate surface area is 115 Å². The summed E-state index contributed by atoms with van der Waals surface area (Å²) in [5.74, 6) is 0.770. The van der Waals surface area contributed by atoms with E-state index in [4.69, 9.17) is 15.7 Å². The van der Waals surface area contributed by atoms with Crippen molar-refractivity contribution in [3.05, 3.63) is 29.3 Å². The van der Waals surface area contributed by atoms with Crippen LogP contribution in [-0.4, -0.2) is 17.6 Å². The molecule has 19 heavy (non-hydrogen) atoms. The number of nitrogens with two attached hydrogens (primary N) is 1. The number of rotatable bonds is 8. The number of aryl methyl sites for hydroxylation is 1. The van der Waals surface area contributed by atoms with Crippen molar-refractivity contribution < 1.29 is 9.94 Å². The molecule has 1 rings (SSSR count). The lowest BCUT2D eigenvalue weighted by atomic mass is 10.1. The van der Waals surface area contributed by atoms with Gasteiger partial charge < -0.3 is 15.7 Å². The van der Waals surface area contributed by atoms with Crippen LogP contribution in [0.2, 0.25) is 0 Å². The molecule has 0 unspecified atom stereocenters. The molecule has 0 atom stereocenters. The molecular weight excluding hydrogens is 240 g/mol. The van der Waals surface area contributed by atoms with Gasteiger partial charge in [-0.2, -0.15) is 0 Å². The van der Waals surface area contributed by atoms with E-state index in [1.165, 1.54) is 25.7 Å². The highest BCUT2D eigenvalue weighted by atomic mass is 16.5. The fraction of sp³-hybridized carbons (Fsp3) is 0.533. The third kappa shape index (κ3) is 5.20. The Morgan fingerprint density at radius 3 is 2.68 bits per heavy atom. The van der Waals surface area contributed by atoms with Gasteiger partial charge in [-0.15, -0.1) is 0 Å². The predicted octanol–water partition coefficient (Wildman–Crippen LogP) is 3.44. The molecule has 106 valence electrons. The minimum atomic E-state index is 0.0842. The molecule has 0 spiro atoms. The Kier molecular flexibility index (Phi) is 6.79. The maximum Gasteiger partial charge on any atom is 0.173 e. The maximum atomic E-state index is 8.76. The second-order valence-electron chi connectivity index (χ2n) is 4.75. The zero-order valence-corrected chi connectivity index (χ0v) is 11.9. The molecule has 0 saturated carbocycles. The van der Waals surface area contributed by atoms with Crippen LogP contribution in [0.3, 0.4) is 0 Å². The lowest BCUT2D eigenvalue weighted by Gasteiger charge is -2.11. The van der Waals surface area contributed by atoms with Crippen LogP contribution in [0.25, 0.3) is 0 Å². The average molecular weight is 264 g/mol. The molecule has 0 aromatic heterocycles. The summed E-state index contributed by atoms with van der Waals surface area (Å²) in [6.07, 6.45) is 5.98. The summed E-state index contributed by atoms with van der Waals surface area (Å²) in [7, 11) is 0. The van der Waals surface area contributed by atoms with Crippen molar-refractivity contribution in [2.75, 3.05) is 6.61 Å². The van der Waals surface area contributed by atoms with Gasteiger partial charge in [0, 0.05) is 0 Å². The smallest absolute Gasteiger partial charge is 0.173 e. The highest BCUT2D eigenvalue weighted by Crippen LogP contribution is 2.20. The van der Waals surface area contributed by atoms with Crippen LogP contribution in [0.4, 0.5) is 0 Å². The Morgan fingerprint density at radius 2 is 2.00 bits per heavy atom. The second-order valence-corrected chi connectivity index (χ2v) is 4.75. The number of amidine groups is 1. The molecule has 0 aliphatic carbocycles. The summed E-state index contributed by atoms with van der Waals surface area (Å²) in [6.45, 7) is 4.86. The van der Waals surface area contributed by atoms with Gasteiger partial charge in [-0.1, -0.05) is 43.8 Å². The third-order valence-electron chi connectivity index (χ3n) is 3.03. The highest BCUT2D eigenvalue weighted by Gasteiger charge is 2.08. The van der Waals surface area contributed by atoms with Crippen molar-refractivity contribution >= 4 is 5.84 Å². The molecule has 0 saturated heterocycles. The highest BCUT2D eigenvalue weighted by molar-refractivity contribution is 5.99. The van der Waals surface area contributed by atoms with Gasteiger partial charge in [-0.3, -0.25) is 0 Å². The number of benzene rings is 1. The predicted molar refractivity (Wildman–Crippen MR) is 77.9 cm³/mol. The SMILES string of the molecule is CCCCCCCOc1cc(C)ccc1C(N)=NO. The Hall–Kier alpha value is -1.71. The summed E-state index contributed by atoms with van der Waals surface area (Å²) < 4.78 is 5.75. The Balaban J connectivity index is 2.54. The van der Waals surface area contributed by atoms with Crippen LogP contribution in [0, 0.1) is 6.92 Å². The summed E-state index contributed by atoms with van der Waals surface area (Å²) in [5.41, 5.74) is 7.37. The Morgan fingerprint density at radius 1 is 1.26 bits per heavy atom. The van der Waals surface area contributed by atoms with E-state index in [9.17, 15) is 0 Å². The van der Waals surface area contributed by atoms with Crippen molar-refractivity contribution in [3.63, 3.8) is 0 Å². The monoisotopic (exact) mass is 264 g/mol. The molecule has 4 heteroatoms. The number of unbranched alkanes of at least 4 members (excludes halogenated alkanes) is 4. The molecule has 0 radical (unpaired) electrons. The molecule has 3 N–H and O–H groups in total. The summed E-state index contributed by atoms with van der Waals surface area (Å²) in [6, 6.07) is 5.65. The zero-order chi connectivity index (χ0) is 14.1. The first-order chi connectivity index (χ1) is 9.19. The maximum absolute atomic E-state index is 8.76. The third-order valence-corrected chi connectivity index (χ3v) is 3.03. The van der Waals surface area contributed by atoms with Gasteiger partial charge in [0.2, 0.25) is 0 Å². The average Bonchev–Trinajstić information content (AvgIpc) is 2.42. The van der Waals surface area contributed by atoms with E-state index >= 15 is 0 Å². The van der Waals surface area contributed by atoms with Crippen LogP contribution in [0.5, 0.6) is 5.75 Å². The van der Waals surface area contributed by atoms with Crippen LogP contribution in [0.1, 0.15) is 50.2 Å². The van der Waals surface area contributed by atoms with Gasteiger partial charge in [-0.25, -0.2) is 0 Å². The number of oxime groups is 1. The Bertz CT molecular complexity index is 417. The van der Waals surface area contributed by atoms with Gasteiger partial charge in [0.25, 0.3) is 0 Å². The van der Waals surface area contributed by atoms with Crippen molar-refractivity contribution in [3.8, 4) is 5.75 Å². The first kappa shape index (κ1) is 15.3. The number of hydrogen-bond acceptors (Lipinski definition) is 3. The van der Waals surface area contributed by atoms with Crippen LogP contribution >= 0.6 is 0 Å². The molecule has 0 aliphatic heterocycles. The van der Waals surface area contributed by atoms with Crippen LogP contribution in [0.15, 0.2) is 23.4 Å². The van der Waals surface area contributed by atoms with Crippen molar-refractivity contribution in [1.29, 1.82) is 0 Å². The molecular formula is C15H24N2O2. The van der Waals surface area contributed by atoms with Gasteiger partial charge in [-0.05, 0) is 31.0 Å². The second kappa shape index (κ2) is 8.40. The van der Waals surface area contributed by atoms with Gasteiger partial charge in [0.05, 0.1) is 12.2 Å². The summed E-state index contributed by atoms with van der Waals surface area (Å²) in [4.78, 5) is 0. The van der Waals surface area contributed by atoms with Crippen molar-refractivity contribution in [2.24, 2.45) is 10.9 Å². The van der Waals surface area contributed by atoms with Gasteiger partial charge >= 0.3 is 0 Å². The molecule has 1 aromatic rings. The van der Waals surface area contributed by atoms with E-state index < -0.39 is 0 Å². The van der Waals surface area contributed by atoms with E-state index in [-0.39, 0.29) is 5.84 Å². The van der Waals surface area contributed by atoms with Crippen LogP contribution in [-0.2, 0) is 0 Å². The number of ether oxygens (including phenoxy) is 1. The quantitative estimate of drug-likeness (QED) is 0.248. The lowest BCUT2D eigenvalue weighted by molar-refractivity contribution is 0.302. The minimum Gasteiger partial charge on any atom is -0.493 e. The molecule has 1 aromatic carbocycles. The first-order valence-electron chi connectivity index (χ1n) is 6.90. The van der Waals surface area contributed by atoms with Gasteiger partial charge in [0.1, 0.15) is 5.75 Å². The van der Waals surface area contributed by atoms with E-state index in [2.05, 4.69) is 12.1 Å².